The van der Waals surface area contributed by atoms with Crippen LogP contribution in [0.2, 0.25) is 5.02 Å². The zero-order valence-electron chi connectivity index (χ0n) is 17.1. The number of hydrogen-bond donors (Lipinski definition) is 1. The van der Waals surface area contributed by atoms with Crippen LogP contribution < -0.4 is 9.46 Å². The highest BCUT2D eigenvalue weighted by molar-refractivity contribution is 7.89. The smallest absolute Gasteiger partial charge is 0.324 e. The van der Waals surface area contributed by atoms with E-state index in [0.717, 1.165) is 4.90 Å². The molecule has 0 spiro atoms. The van der Waals surface area contributed by atoms with Gasteiger partial charge in [-0.25, -0.2) is 12.8 Å². The fourth-order valence-corrected chi connectivity index (χ4v) is 3.90. The average molecular weight is 473 g/mol. The van der Waals surface area contributed by atoms with Crippen LogP contribution in [-0.4, -0.2) is 52.0 Å². The quantitative estimate of drug-likeness (QED) is 0.562. The Bertz CT molecular complexity index is 1030. The minimum Gasteiger partial charge on any atom is -0.497 e. The summed E-state index contributed by atoms with van der Waals surface area (Å²) in [7, 11) is -1.15. The van der Waals surface area contributed by atoms with E-state index < -0.39 is 40.4 Å². The van der Waals surface area contributed by atoms with Gasteiger partial charge < -0.3 is 14.4 Å². The SMILES string of the molecule is COc1ccc(S(=O)(=O)NC(C)C(=O)OCC(=O)N(C)Cc2c(F)cccc2Cl)cc1. The van der Waals surface area contributed by atoms with Gasteiger partial charge in [0, 0.05) is 24.2 Å². The number of rotatable bonds is 9. The highest BCUT2D eigenvalue weighted by Gasteiger charge is 2.24. The fraction of sp³-hybridized carbons (Fsp3) is 0.300. The van der Waals surface area contributed by atoms with Gasteiger partial charge in [-0.2, -0.15) is 4.72 Å². The summed E-state index contributed by atoms with van der Waals surface area (Å²) < 4.78 is 50.7. The van der Waals surface area contributed by atoms with Gasteiger partial charge in [0.1, 0.15) is 17.6 Å². The molecule has 1 unspecified atom stereocenters. The lowest BCUT2D eigenvalue weighted by Gasteiger charge is -2.19. The summed E-state index contributed by atoms with van der Waals surface area (Å²) >= 11 is 5.94. The molecular weight excluding hydrogens is 451 g/mol. The number of nitrogens with one attached hydrogen (secondary N) is 1. The van der Waals surface area contributed by atoms with Crippen molar-refractivity contribution in [3.8, 4) is 5.75 Å². The number of hydrogen-bond acceptors (Lipinski definition) is 6. The molecule has 168 valence electrons. The first kappa shape index (κ1) is 24.6. The van der Waals surface area contributed by atoms with E-state index in [1.54, 1.807) is 0 Å². The second kappa shape index (κ2) is 10.6. The molecule has 1 atom stereocenters. The number of benzene rings is 2. The molecule has 1 N–H and O–H groups in total. The van der Waals surface area contributed by atoms with E-state index in [1.807, 2.05) is 0 Å². The van der Waals surface area contributed by atoms with E-state index in [9.17, 15) is 22.4 Å². The number of esters is 1. The van der Waals surface area contributed by atoms with Crippen LogP contribution in [0.15, 0.2) is 47.4 Å². The number of carbonyl (C=O) groups is 2. The number of likely N-dealkylation sites (N-methyl/N-ethyl adjacent to an activating group) is 1. The summed E-state index contributed by atoms with van der Waals surface area (Å²) in [6, 6.07) is 8.49. The third-order valence-electron chi connectivity index (χ3n) is 4.28. The maximum atomic E-state index is 13.9. The lowest BCUT2D eigenvalue weighted by atomic mass is 10.2. The number of amides is 1. The van der Waals surface area contributed by atoms with Crippen molar-refractivity contribution in [1.82, 2.24) is 9.62 Å². The Hall–Kier alpha value is -2.69. The lowest BCUT2D eigenvalue weighted by Crippen LogP contribution is -2.41. The molecule has 31 heavy (non-hydrogen) atoms. The number of ether oxygens (including phenoxy) is 2. The number of nitrogens with zero attached hydrogens (tertiary/aromatic N) is 1. The van der Waals surface area contributed by atoms with Gasteiger partial charge in [0.15, 0.2) is 6.61 Å². The molecule has 0 saturated heterocycles. The first-order chi connectivity index (χ1) is 14.5. The molecule has 2 aromatic rings. The standard InChI is InChI=1S/C20H22ClFN2O6S/c1-13(23-31(27,28)15-9-7-14(29-3)8-10-15)20(26)30-12-19(25)24(2)11-16-17(21)5-4-6-18(16)22/h4-10,13,23H,11-12H2,1-3H3. The second-order valence-electron chi connectivity index (χ2n) is 6.58. The zero-order chi connectivity index (χ0) is 23.2. The number of halogens is 2. The van der Waals surface area contributed by atoms with Crippen LogP contribution in [0.5, 0.6) is 5.75 Å². The van der Waals surface area contributed by atoms with E-state index in [1.165, 1.54) is 63.5 Å². The van der Waals surface area contributed by atoms with E-state index in [0.29, 0.717) is 5.75 Å². The highest BCUT2D eigenvalue weighted by atomic mass is 35.5. The Kier molecular flexibility index (Phi) is 8.37. The van der Waals surface area contributed by atoms with E-state index in [4.69, 9.17) is 21.1 Å². The average Bonchev–Trinajstić information content (AvgIpc) is 2.73. The molecule has 0 fully saturated rings. The normalized spacial score (nSPS) is 12.2. The zero-order valence-corrected chi connectivity index (χ0v) is 18.7. The topological polar surface area (TPSA) is 102 Å². The summed E-state index contributed by atoms with van der Waals surface area (Å²) in [6.07, 6.45) is 0. The second-order valence-corrected chi connectivity index (χ2v) is 8.70. The Balaban J connectivity index is 1.91. The minimum atomic E-state index is -3.99. The van der Waals surface area contributed by atoms with Crippen molar-refractivity contribution < 1.29 is 31.9 Å². The third-order valence-corrected chi connectivity index (χ3v) is 6.19. The number of sulfonamides is 1. The Morgan fingerprint density at radius 1 is 1.19 bits per heavy atom. The van der Waals surface area contributed by atoms with Crippen LogP contribution in [0.1, 0.15) is 12.5 Å². The van der Waals surface area contributed by atoms with Crippen LogP contribution in [-0.2, 0) is 30.9 Å². The molecule has 1 amide bonds. The molecular formula is C20H22ClFN2O6S. The molecule has 8 nitrogen and oxygen atoms in total. The van der Waals surface area contributed by atoms with Crippen LogP contribution in [0.4, 0.5) is 4.39 Å². The Morgan fingerprint density at radius 3 is 2.42 bits per heavy atom. The first-order valence-corrected chi connectivity index (χ1v) is 10.9. The molecule has 0 aliphatic heterocycles. The monoisotopic (exact) mass is 472 g/mol. The van der Waals surface area contributed by atoms with Crippen LogP contribution >= 0.6 is 11.6 Å². The van der Waals surface area contributed by atoms with Gasteiger partial charge in [-0.1, -0.05) is 17.7 Å². The fourth-order valence-electron chi connectivity index (χ4n) is 2.48. The van der Waals surface area contributed by atoms with Gasteiger partial charge in [-0.15, -0.1) is 0 Å². The van der Waals surface area contributed by atoms with Gasteiger partial charge in [-0.3, -0.25) is 9.59 Å². The lowest BCUT2D eigenvalue weighted by molar-refractivity contribution is -0.152. The predicted octanol–water partition coefficient (Wildman–Crippen LogP) is 2.36. The molecule has 11 heteroatoms. The van der Waals surface area contributed by atoms with E-state index >= 15 is 0 Å². The summed E-state index contributed by atoms with van der Waals surface area (Å²) in [5.74, 6) is -1.64. The molecule has 0 saturated carbocycles. The van der Waals surface area contributed by atoms with E-state index in [-0.39, 0.29) is 22.0 Å². The van der Waals surface area contributed by atoms with Crippen molar-refractivity contribution in [2.75, 3.05) is 20.8 Å². The molecule has 0 heterocycles. The first-order valence-electron chi connectivity index (χ1n) is 9.05. The molecule has 0 aromatic heterocycles. The minimum absolute atomic E-state index is 0.0643. The van der Waals surface area contributed by atoms with Crippen LogP contribution in [0, 0.1) is 5.82 Å². The molecule has 0 bridgehead atoms. The van der Waals surface area contributed by atoms with Crippen molar-refractivity contribution in [2.45, 2.75) is 24.4 Å². The molecule has 0 aliphatic carbocycles. The molecule has 0 aliphatic rings. The largest absolute Gasteiger partial charge is 0.497 e. The van der Waals surface area contributed by atoms with Crippen LogP contribution in [0.25, 0.3) is 0 Å². The molecule has 2 aromatic carbocycles. The van der Waals surface area contributed by atoms with Crippen molar-refractivity contribution in [3.63, 3.8) is 0 Å². The maximum absolute atomic E-state index is 13.9. The van der Waals surface area contributed by atoms with E-state index in [2.05, 4.69) is 4.72 Å². The van der Waals surface area contributed by atoms with Crippen molar-refractivity contribution in [2.24, 2.45) is 0 Å². The van der Waals surface area contributed by atoms with Gasteiger partial charge in [0.25, 0.3) is 5.91 Å². The number of methoxy groups -OCH3 is 1. The number of carbonyl (C=O) groups excluding carboxylic acids is 2. The molecule has 2 rings (SSSR count). The van der Waals surface area contributed by atoms with Crippen LogP contribution in [0.3, 0.4) is 0 Å². The van der Waals surface area contributed by atoms with Gasteiger partial charge in [0.05, 0.1) is 12.0 Å². The van der Waals surface area contributed by atoms with Gasteiger partial charge in [-0.05, 0) is 43.3 Å². The maximum Gasteiger partial charge on any atom is 0.324 e. The Morgan fingerprint density at radius 2 is 1.84 bits per heavy atom. The summed E-state index contributed by atoms with van der Waals surface area (Å²) in [5.41, 5.74) is 0.131. The molecule has 0 radical (unpaired) electrons. The predicted molar refractivity (Wildman–Crippen MR) is 112 cm³/mol. The van der Waals surface area contributed by atoms with Gasteiger partial charge >= 0.3 is 5.97 Å². The third kappa shape index (κ3) is 6.65. The summed E-state index contributed by atoms with van der Waals surface area (Å²) in [5, 5.41) is 0.165. The van der Waals surface area contributed by atoms with Crippen molar-refractivity contribution >= 4 is 33.5 Å². The van der Waals surface area contributed by atoms with Crippen molar-refractivity contribution in [3.05, 3.63) is 58.9 Å². The summed E-state index contributed by atoms with van der Waals surface area (Å²) in [4.78, 5) is 25.4. The Labute approximate surface area is 184 Å². The van der Waals surface area contributed by atoms with Crippen molar-refractivity contribution in [1.29, 1.82) is 0 Å². The highest BCUT2D eigenvalue weighted by Crippen LogP contribution is 2.20. The summed E-state index contributed by atoms with van der Waals surface area (Å²) in [6.45, 7) is 0.522. The van der Waals surface area contributed by atoms with Gasteiger partial charge in [0.2, 0.25) is 10.0 Å².